The minimum absolute atomic E-state index is 0.208. The maximum atomic E-state index is 4.28. The van der Waals surface area contributed by atoms with E-state index in [2.05, 4.69) is 48.5 Å². The molecular weight excluding hydrogens is 172 g/mol. The van der Waals surface area contributed by atoms with Crippen LogP contribution in [0, 0.1) is 6.92 Å². The fourth-order valence-electron chi connectivity index (χ4n) is 1.60. The first-order chi connectivity index (χ1) is 6.48. The lowest BCUT2D eigenvalue weighted by Gasteiger charge is -2.18. The number of hydrogen-bond donors (Lipinski definition) is 0. The summed E-state index contributed by atoms with van der Waals surface area (Å²) in [5.41, 5.74) is 2.74. The minimum Gasteiger partial charge on any atom is -0.304 e. The van der Waals surface area contributed by atoms with Crippen LogP contribution in [0.1, 0.15) is 32.2 Å². The molecule has 2 aromatic rings. The Kier molecular flexibility index (Phi) is 1.88. The molecule has 2 nitrogen and oxygen atoms in total. The minimum atomic E-state index is 0.208. The normalized spacial score (nSPS) is 12.3. The van der Waals surface area contributed by atoms with Gasteiger partial charge in [-0.1, -0.05) is 20.8 Å². The molecule has 0 bridgehead atoms. The highest BCUT2D eigenvalue weighted by atomic mass is 15.0. The van der Waals surface area contributed by atoms with Crippen molar-refractivity contribution < 1.29 is 0 Å². The summed E-state index contributed by atoms with van der Waals surface area (Å²) >= 11 is 0. The Hall–Kier alpha value is -1.31. The van der Waals surface area contributed by atoms with Crippen molar-refractivity contribution in [2.45, 2.75) is 33.1 Å². The van der Waals surface area contributed by atoms with E-state index in [1.807, 2.05) is 13.1 Å². The van der Waals surface area contributed by atoms with Crippen LogP contribution in [0.5, 0.6) is 0 Å². The Balaban J connectivity index is 2.63. The summed E-state index contributed by atoms with van der Waals surface area (Å²) in [7, 11) is 0. The Morgan fingerprint density at radius 3 is 2.64 bits per heavy atom. The molecule has 0 spiro atoms. The molecular formula is C12H16N2. The second kappa shape index (κ2) is 2.84. The molecule has 0 unspecified atom stereocenters. The molecule has 0 aromatic carbocycles. The first kappa shape index (κ1) is 9.25. The predicted octanol–water partition coefficient (Wildman–Crippen LogP) is 2.94. The zero-order chi connectivity index (χ0) is 10.3. The van der Waals surface area contributed by atoms with Crippen molar-refractivity contribution in [3.63, 3.8) is 0 Å². The van der Waals surface area contributed by atoms with Crippen LogP contribution in [-0.4, -0.2) is 9.38 Å². The zero-order valence-electron chi connectivity index (χ0n) is 9.20. The fourth-order valence-corrected chi connectivity index (χ4v) is 1.60. The smallest absolute Gasteiger partial charge is 0.110 e. The van der Waals surface area contributed by atoms with Gasteiger partial charge in [-0.15, -0.1) is 0 Å². The van der Waals surface area contributed by atoms with Crippen molar-refractivity contribution in [1.82, 2.24) is 9.38 Å². The van der Waals surface area contributed by atoms with Gasteiger partial charge in [0.1, 0.15) is 5.82 Å². The molecule has 0 aliphatic heterocycles. The first-order valence-electron chi connectivity index (χ1n) is 4.93. The van der Waals surface area contributed by atoms with Crippen molar-refractivity contribution in [1.29, 1.82) is 0 Å². The Morgan fingerprint density at radius 2 is 2.00 bits per heavy atom. The molecule has 0 saturated carbocycles. The van der Waals surface area contributed by atoms with Crippen LogP contribution in [0.15, 0.2) is 24.5 Å². The van der Waals surface area contributed by atoms with Gasteiger partial charge in [0.2, 0.25) is 0 Å². The van der Waals surface area contributed by atoms with Crippen LogP contribution in [0.2, 0.25) is 0 Å². The topological polar surface area (TPSA) is 17.3 Å². The molecule has 14 heavy (non-hydrogen) atoms. The molecule has 0 atom stereocenters. The second-order valence-corrected chi connectivity index (χ2v) is 4.77. The molecule has 2 aromatic heterocycles. The molecule has 0 N–H and O–H groups in total. The first-order valence-corrected chi connectivity index (χ1v) is 4.93. The van der Waals surface area contributed by atoms with Gasteiger partial charge in [-0.05, 0) is 30.0 Å². The highest BCUT2D eigenvalue weighted by Gasteiger charge is 2.14. The van der Waals surface area contributed by atoms with Gasteiger partial charge >= 0.3 is 0 Å². The SMILES string of the molecule is Cc1ncc2cc(C(C)(C)C)ccn12. The molecule has 2 heterocycles. The fraction of sp³-hybridized carbons (Fsp3) is 0.417. The van der Waals surface area contributed by atoms with Gasteiger partial charge in [-0.3, -0.25) is 0 Å². The van der Waals surface area contributed by atoms with E-state index in [4.69, 9.17) is 0 Å². The monoisotopic (exact) mass is 188 g/mol. The standard InChI is InChI=1S/C12H16N2/c1-9-13-8-11-7-10(12(2,3)4)5-6-14(9)11/h5-8H,1-4H3. The van der Waals surface area contributed by atoms with Crippen LogP contribution in [-0.2, 0) is 5.41 Å². The number of pyridine rings is 1. The van der Waals surface area contributed by atoms with Gasteiger partial charge in [-0.2, -0.15) is 0 Å². The van der Waals surface area contributed by atoms with E-state index < -0.39 is 0 Å². The molecule has 0 saturated heterocycles. The van der Waals surface area contributed by atoms with E-state index in [1.165, 1.54) is 11.1 Å². The summed E-state index contributed by atoms with van der Waals surface area (Å²) < 4.78 is 2.11. The number of aromatic nitrogens is 2. The van der Waals surface area contributed by atoms with Crippen LogP contribution in [0.25, 0.3) is 5.52 Å². The summed E-state index contributed by atoms with van der Waals surface area (Å²) in [5, 5.41) is 0. The lowest BCUT2D eigenvalue weighted by atomic mass is 9.88. The molecule has 2 rings (SSSR count). The van der Waals surface area contributed by atoms with Crippen molar-refractivity contribution in [2.75, 3.05) is 0 Å². The zero-order valence-corrected chi connectivity index (χ0v) is 9.20. The number of hydrogen-bond acceptors (Lipinski definition) is 1. The van der Waals surface area contributed by atoms with Crippen molar-refractivity contribution in [2.24, 2.45) is 0 Å². The summed E-state index contributed by atoms with van der Waals surface area (Å²) in [6.45, 7) is 8.69. The van der Waals surface area contributed by atoms with E-state index in [1.54, 1.807) is 0 Å². The Morgan fingerprint density at radius 1 is 1.29 bits per heavy atom. The summed E-state index contributed by atoms with van der Waals surface area (Å²) in [6, 6.07) is 4.38. The van der Waals surface area contributed by atoms with Crippen molar-refractivity contribution in [3.05, 3.63) is 35.9 Å². The average molecular weight is 188 g/mol. The molecule has 0 aliphatic carbocycles. The van der Waals surface area contributed by atoms with E-state index in [-0.39, 0.29) is 5.41 Å². The number of rotatable bonds is 0. The van der Waals surface area contributed by atoms with Crippen molar-refractivity contribution in [3.8, 4) is 0 Å². The number of imidazole rings is 1. The molecule has 0 amide bonds. The lowest BCUT2D eigenvalue weighted by Crippen LogP contribution is -2.11. The lowest BCUT2D eigenvalue weighted by molar-refractivity contribution is 0.590. The number of aryl methyl sites for hydroxylation is 1. The van der Waals surface area contributed by atoms with Gasteiger partial charge in [0.05, 0.1) is 11.7 Å². The highest BCUT2D eigenvalue weighted by Crippen LogP contribution is 2.23. The van der Waals surface area contributed by atoms with Gasteiger partial charge in [-0.25, -0.2) is 4.98 Å². The third-order valence-electron chi connectivity index (χ3n) is 2.58. The van der Waals surface area contributed by atoms with E-state index in [9.17, 15) is 0 Å². The van der Waals surface area contributed by atoms with Crippen LogP contribution in [0.3, 0.4) is 0 Å². The number of fused-ring (bicyclic) bond motifs is 1. The van der Waals surface area contributed by atoms with Crippen LogP contribution >= 0.6 is 0 Å². The summed E-state index contributed by atoms with van der Waals surface area (Å²) in [4.78, 5) is 4.28. The van der Waals surface area contributed by atoms with E-state index in [0.717, 1.165) is 5.82 Å². The van der Waals surface area contributed by atoms with Gasteiger partial charge in [0.25, 0.3) is 0 Å². The average Bonchev–Trinajstić information content (AvgIpc) is 2.46. The van der Waals surface area contributed by atoms with Crippen LogP contribution < -0.4 is 0 Å². The largest absolute Gasteiger partial charge is 0.304 e. The maximum absolute atomic E-state index is 4.28. The quantitative estimate of drug-likeness (QED) is 0.621. The Labute approximate surface area is 84.6 Å². The predicted molar refractivity (Wildman–Crippen MR) is 58.6 cm³/mol. The molecule has 2 heteroatoms. The van der Waals surface area contributed by atoms with Gasteiger partial charge in [0, 0.05) is 6.20 Å². The molecule has 74 valence electrons. The Bertz CT molecular complexity index is 461. The molecule has 0 aliphatic rings. The van der Waals surface area contributed by atoms with Crippen molar-refractivity contribution >= 4 is 5.52 Å². The third kappa shape index (κ3) is 1.41. The number of nitrogens with zero attached hydrogens (tertiary/aromatic N) is 2. The van der Waals surface area contributed by atoms with E-state index >= 15 is 0 Å². The maximum Gasteiger partial charge on any atom is 0.110 e. The van der Waals surface area contributed by atoms with Gasteiger partial charge in [0.15, 0.2) is 0 Å². The molecule has 0 fully saturated rings. The summed E-state index contributed by atoms with van der Waals surface area (Å²) in [5.74, 6) is 1.04. The third-order valence-corrected chi connectivity index (χ3v) is 2.58. The van der Waals surface area contributed by atoms with Crippen LogP contribution in [0.4, 0.5) is 0 Å². The second-order valence-electron chi connectivity index (χ2n) is 4.77. The highest BCUT2D eigenvalue weighted by molar-refractivity contribution is 5.49. The summed E-state index contributed by atoms with van der Waals surface area (Å²) in [6.07, 6.45) is 4.02. The van der Waals surface area contributed by atoms with E-state index in [0.29, 0.717) is 0 Å². The van der Waals surface area contributed by atoms with Gasteiger partial charge < -0.3 is 4.40 Å². The molecule has 0 radical (unpaired) electrons.